The lowest BCUT2D eigenvalue weighted by Gasteiger charge is -2.20. The normalized spacial score (nSPS) is 29.6. The number of halogens is 1. The summed E-state index contributed by atoms with van der Waals surface area (Å²) in [6.07, 6.45) is 2.29. The number of benzene rings is 1. The van der Waals surface area contributed by atoms with Crippen LogP contribution in [0.25, 0.3) is 0 Å². The van der Waals surface area contributed by atoms with Crippen molar-refractivity contribution in [1.82, 2.24) is 4.90 Å². The second-order valence-electron chi connectivity index (χ2n) is 5.83. The summed E-state index contributed by atoms with van der Waals surface area (Å²) in [5.41, 5.74) is 7.97. The maximum atomic E-state index is 12.6. The van der Waals surface area contributed by atoms with Gasteiger partial charge >= 0.3 is 0 Å². The number of nitrogens with zero attached hydrogens (tertiary/aromatic N) is 1. The highest BCUT2D eigenvalue weighted by molar-refractivity contribution is 9.10. The van der Waals surface area contributed by atoms with Gasteiger partial charge in [-0.25, -0.2) is 0 Å². The average Bonchev–Trinajstić information content (AvgIpc) is 2.94. The van der Waals surface area contributed by atoms with Crippen LogP contribution in [0.15, 0.2) is 22.7 Å². The van der Waals surface area contributed by atoms with E-state index >= 15 is 0 Å². The van der Waals surface area contributed by atoms with Crippen LogP contribution >= 0.6 is 15.9 Å². The van der Waals surface area contributed by atoms with Crippen LogP contribution in [-0.4, -0.2) is 29.9 Å². The first-order chi connectivity index (χ1) is 9.06. The third kappa shape index (κ3) is 2.32. The first-order valence-corrected chi connectivity index (χ1v) is 7.66. The predicted molar refractivity (Wildman–Crippen MR) is 79.0 cm³/mol. The maximum absolute atomic E-state index is 12.6. The average molecular weight is 323 g/mol. The Morgan fingerprint density at radius 3 is 2.89 bits per heavy atom. The predicted octanol–water partition coefficient (Wildman–Crippen LogP) is 2.57. The molecule has 3 rings (SSSR count). The number of fused-ring (bicyclic) bond motifs is 1. The number of nitrogens with two attached hydrogens (primary N) is 1. The highest BCUT2D eigenvalue weighted by Gasteiger charge is 2.42. The molecule has 1 aromatic carbocycles. The Bertz CT molecular complexity index is 517. The molecule has 3 nitrogen and oxygen atoms in total. The zero-order valence-electron chi connectivity index (χ0n) is 11.1. The molecule has 0 spiro atoms. The van der Waals surface area contributed by atoms with E-state index in [0.29, 0.717) is 11.8 Å². The van der Waals surface area contributed by atoms with Gasteiger partial charge in [0.25, 0.3) is 5.91 Å². The number of carbonyl (C=O) groups excluding carboxylic acids is 1. The zero-order valence-corrected chi connectivity index (χ0v) is 12.7. The van der Waals surface area contributed by atoms with E-state index in [1.165, 1.54) is 6.42 Å². The Balaban J connectivity index is 1.80. The van der Waals surface area contributed by atoms with Crippen LogP contribution in [0.3, 0.4) is 0 Å². The minimum absolute atomic E-state index is 0.153. The van der Waals surface area contributed by atoms with E-state index in [-0.39, 0.29) is 11.9 Å². The lowest BCUT2D eigenvalue weighted by atomic mass is 9.98. The molecule has 4 heteroatoms. The molecule has 1 saturated carbocycles. The van der Waals surface area contributed by atoms with Crippen molar-refractivity contribution in [2.45, 2.75) is 25.8 Å². The molecule has 3 unspecified atom stereocenters. The monoisotopic (exact) mass is 322 g/mol. The first kappa shape index (κ1) is 13.1. The highest BCUT2D eigenvalue weighted by atomic mass is 79.9. The minimum Gasteiger partial charge on any atom is -0.338 e. The van der Waals surface area contributed by atoms with Crippen LogP contribution in [0, 0.1) is 18.8 Å². The SMILES string of the molecule is Cc1ccc(Br)cc1C(=O)N1CC2CCC(N)C2C1. The number of amides is 1. The van der Waals surface area contributed by atoms with Gasteiger partial charge in [-0.05, 0) is 49.3 Å². The lowest BCUT2D eigenvalue weighted by molar-refractivity contribution is 0.0779. The summed E-state index contributed by atoms with van der Waals surface area (Å²) in [4.78, 5) is 14.6. The van der Waals surface area contributed by atoms with Crippen LogP contribution in [0.2, 0.25) is 0 Å². The van der Waals surface area contributed by atoms with Gasteiger partial charge in [0.05, 0.1) is 0 Å². The summed E-state index contributed by atoms with van der Waals surface area (Å²) >= 11 is 3.44. The van der Waals surface area contributed by atoms with Gasteiger partial charge in [-0.1, -0.05) is 22.0 Å². The van der Waals surface area contributed by atoms with E-state index in [0.717, 1.165) is 35.1 Å². The van der Waals surface area contributed by atoms with Crippen molar-refractivity contribution in [2.75, 3.05) is 13.1 Å². The molecule has 2 N–H and O–H groups in total. The molecule has 1 aromatic rings. The summed E-state index contributed by atoms with van der Waals surface area (Å²) in [5, 5.41) is 0. The molecule has 0 aromatic heterocycles. The number of hydrogen-bond donors (Lipinski definition) is 1. The van der Waals surface area contributed by atoms with E-state index in [9.17, 15) is 4.79 Å². The fourth-order valence-electron chi connectivity index (χ4n) is 3.47. The van der Waals surface area contributed by atoms with Gasteiger partial charge in [-0.15, -0.1) is 0 Å². The number of hydrogen-bond acceptors (Lipinski definition) is 2. The van der Waals surface area contributed by atoms with Crippen molar-refractivity contribution in [3.8, 4) is 0 Å². The first-order valence-electron chi connectivity index (χ1n) is 6.87. The molecule has 1 saturated heterocycles. The Kier molecular flexibility index (Phi) is 3.39. The molecule has 2 fully saturated rings. The molecule has 1 aliphatic heterocycles. The van der Waals surface area contributed by atoms with Crippen molar-refractivity contribution in [2.24, 2.45) is 17.6 Å². The quantitative estimate of drug-likeness (QED) is 0.863. The van der Waals surface area contributed by atoms with Crippen LogP contribution in [0.1, 0.15) is 28.8 Å². The number of carbonyl (C=O) groups is 1. The van der Waals surface area contributed by atoms with E-state index in [2.05, 4.69) is 15.9 Å². The van der Waals surface area contributed by atoms with Gasteiger partial charge in [0.1, 0.15) is 0 Å². The third-order valence-electron chi connectivity index (χ3n) is 4.63. The van der Waals surface area contributed by atoms with Crippen LogP contribution < -0.4 is 5.73 Å². The number of likely N-dealkylation sites (tertiary alicyclic amines) is 1. The summed E-state index contributed by atoms with van der Waals surface area (Å²) in [6.45, 7) is 3.70. The topological polar surface area (TPSA) is 46.3 Å². The van der Waals surface area contributed by atoms with Crippen LogP contribution in [0.4, 0.5) is 0 Å². The van der Waals surface area contributed by atoms with E-state index in [4.69, 9.17) is 5.73 Å². The summed E-state index contributed by atoms with van der Waals surface area (Å²) in [5.74, 6) is 1.28. The molecule has 102 valence electrons. The van der Waals surface area contributed by atoms with Gasteiger partial charge < -0.3 is 10.6 Å². The molecular formula is C15H19BrN2O. The fourth-order valence-corrected chi connectivity index (χ4v) is 3.83. The van der Waals surface area contributed by atoms with Crippen molar-refractivity contribution in [1.29, 1.82) is 0 Å². The number of aryl methyl sites for hydroxylation is 1. The molecular weight excluding hydrogens is 304 g/mol. The van der Waals surface area contributed by atoms with Gasteiger partial charge in [0.2, 0.25) is 0 Å². The van der Waals surface area contributed by atoms with E-state index in [1.54, 1.807) is 0 Å². The van der Waals surface area contributed by atoms with Crippen molar-refractivity contribution >= 4 is 21.8 Å². The standard InChI is InChI=1S/C15H19BrN2O/c1-9-2-4-11(16)6-12(9)15(19)18-7-10-3-5-14(17)13(10)8-18/h2,4,6,10,13-14H,3,5,7-8,17H2,1H3. The maximum Gasteiger partial charge on any atom is 0.254 e. The molecule has 1 amide bonds. The molecule has 1 aliphatic carbocycles. The largest absolute Gasteiger partial charge is 0.338 e. The van der Waals surface area contributed by atoms with E-state index in [1.807, 2.05) is 30.0 Å². The van der Waals surface area contributed by atoms with Crippen molar-refractivity contribution < 1.29 is 4.79 Å². The molecule has 0 radical (unpaired) electrons. The Hall–Kier alpha value is -0.870. The smallest absolute Gasteiger partial charge is 0.254 e. The minimum atomic E-state index is 0.153. The van der Waals surface area contributed by atoms with Gasteiger partial charge in [-0.2, -0.15) is 0 Å². The van der Waals surface area contributed by atoms with Crippen LogP contribution in [-0.2, 0) is 0 Å². The second kappa shape index (κ2) is 4.91. The fraction of sp³-hybridized carbons (Fsp3) is 0.533. The molecule has 3 atom stereocenters. The molecule has 1 heterocycles. The summed E-state index contributed by atoms with van der Waals surface area (Å²) in [6, 6.07) is 6.17. The third-order valence-corrected chi connectivity index (χ3v) is 5.12. The van der Waals surface area contributed by atoms with Crippen molar-refractivity contribution in [3.63, 3.8) is 0 Å². The summed E-state index contributed by atoms with van der Waals surface area (Å²) < 4.78 is 0.956. The lowest BCUT2D eigenvalue weighted by Crippen LogP contribution is -2.33. The Morgan fingerprint density at radius 2 is 2.16 bits per heavy atom. The second-order valence-corrected chi connectivity index (χ2v) is 6.75. The van der Waals surface area contributed by atoms with Crippen molar-refractivity contribution in [3.05, 3.63) is 33.8 Å². The van der Waals surface area contributed by atoms with Gasteiger partial charge in [-0.3, -0.25) is 4.79 Å². The van der Waals surface area contributed by atoms with Gasteiger partial charge in [0, 0.05) is 29.2 Å². The molecule has 19 heavy (non-hydrogen) atoms. The molecule has 0 bridgehead atoms. The summed E-state index contributed by atoms with van der Waals surface area (Å²) in [7, 11) is 0. The Labute approximate surface area is 122 Å². The van der Waals surface area contributed by atoms with Gasteiger partial charge in [0.15, 0.2) is 0 Å². The molecule has 2 aliphatic rings. The van der Waals surface area contributed by atoms with E-state index < -0.39 is 0 Å². The number of rotatable bonds is 1. The van der Waals surface area contributed by atoms with Crippen LogP contribution in [0.5, 0.6) is 0 Å². The zero-order chi connectivity index (χ0) is 13.6. The highest BCUT2D eigenvalue weighted by Crippen LogP contribution is 2.37. The Morgan fingerprint density at radius 1 is 1.37 bits per heavy atom.